The maximum Gasteiger partial charge on any atom is 0.295 e. The number of fused-ring (bicyclic) bond motifs is 6. The minimum Gasteiger partial charge on any atom is -0.344 e. The molecule has 0 fully saturated rings. The standard InChI is InChI=1S/C46H51ClN2O18S6/c1-45(2)38(48(20-5-7-22-70(52,53)54)34-17-13-31-25-33(72(58,59)60)27-36(69-67-65-51)40(31)42(34)45)18-14-28-10-9-11-29(44(28)47)15-19-39-46(3,4)43-35(49(39)21-6-8-23-71(55,56)57)16-12-30-24-32(68-66-64-50)26-37(41(30)43)73(61,62)63/h12-19,24-27H,5-11,20-23H2,1-4H3,(H5-,50,51,52,53,54,55,56,57,58,59,60,61,62,63)/p+1. The molecule has 4 aromatic rings. The number of hydrogen-bond acceptors (Lipinski definition) is 17. The van der Waals surface area contributed by atoms with Crippen molar-refractivity contribution in [3.63, 3.8) is 0 Å². The summed E-state index contributed by atoms with van der Waals surface area (Å²) in [7, 11) is -18.0. The average Bonchev–Trinajstić information content (AvgIpc) is 3.65. The lowest BCUT2D eigenvalue weighted by molar-refractivity contribution is -0.438. The average molecular weight is 1150 g/mol. The molecular formula is C46H52ClN2O18S6+. The zero-order chi connectivity index (χ0) is 53.5. The molecule has 0 saturated carbocycles. The van der Waals surface area contributed by atoms with E-state index in [2.05, 4.69) is 14.4 Å². The van der Waals surface area contributed by atoms with E-state index < -0.39 is 72.6 Å². The van der Waals surface area contributed by atoms with Crippen molar-refractivity contribution in [1.29, 1.82) is 0 Å². The third-order valence-corrected chi connectivity index (χ3v) is 18.1. The topological polar surface area (TPSA) is 301 Å². The van der Waals surface area contributed by atoms with Gasteiger partial charge in [0.15, 0.2) is 5.71 Å². The number of unbranched alkanes of at least 4 members (excludes halogenated alkanes) is 2. The van der Waals surface area contributed by atoms with Crippen LogP contribution in [0.1, 0.15) is 83.8 Å². The van der Waals surface area contributed by atoms with Crippen molar-refractivity contribution in [2.45, 2.75) is 103 Å². The predicted molar refractivity (Wildman–Crippen MR) is 275 cm³/mol. The van der Waals surface area contributed by atoms with Crippen LogP contribution in [0.25, 0.3) is 21.5 Å². The molecule has 0 saturated heterocycles. The summed E-state index contributed by atoms with van der Waals surface area (Å²) in [6, 6.07) is 12.2. The largest absolute Gasteiger partial charge is 0.344 e. The van der Waals surface area contributed by atoms with Crippen LogP contribution >= 0.6 is 35.7 Å². The van der Waals surface area contributed by atoms with E-state index in [9.17, 15) is 51.9 Å². The van der Waals surface area contributed by atoms with Gasteiger partial charge >= 0.3 is 0 Å². The summed E-state index contributed by atoms with van der Waals surface area (Å²) >= 11 is 8.33. The highest BCUT2D eigenvalue weighted by Gasteiger charge is 2.47. The van der Waals surface area contributed by atoms with Gasteiger partial charge in [-0.15, -0.1) is 8.67 Å². The molecule has 396 valence electrons. The smallest absolute Gasteiger partial charge is 0.295 e. The van der Waals surface area contributed by atoms with Gasteiger partial charge in [-0.2, -0.15) is 38.2 Å². The first-order chi connectivity index (χ1) is 34.1. The molecule has 1 aliphatic carbocycles. The fraction of sp³-hybridized carbons (Fsp3) is 0.370. The SMILES string of the molecule is CC1(C)C(=CC=C2CCCC(C=CC3=[N+](CCCCS(=O)(=O)O)c4ccc5cc(SOOO)cc(S(=O)(=O)O)c5c4C3(C)C)=C2Cl)N(CCCCS(=O)(=O)O)c2ccc3cc(S(=O)(=O)O)cc(SOOO)c3c21. The molecule has 73 heavy (non-hydrogen) atoms. The molecule has 27 heteroatoms. The highest BCUT2D eigenvalue weighted by atomic mass is 35.5. The molecule has 3 aliphatic rings. The van der Waals surface area contributed by atoms with Crippen LogP contribution in [-0.2, 0) is 70.0 Å². The Morgan fingerprint density at radius 2 is 1.36 bits per heavy atom. The minimum atomic E-state index is -4.86. The summed E-state index contributed by atoms with van der Waals surface area (Å²) in [6.07, 6.45) is 10.3. The van der Waals surface area contributed by atoms with Crippen molar-refractivity contribution in [3.05, 3.63) is 106 Å². The third kappa shape index (κ3) is 12.6. The molecular weight excluding hydrogens is 1100 g/mol. The molecule has 20 nitrogen and oxygen atoms in total. The Hall–Kier alpha value is -3.78. The highest BCUT2D eigenvalue weighted by molar-refractivity contribution is 7.95. The second kappa shape index (κ2) is 22.1. The Labute approximate surface area is 436 Å². The number of hydrogen-bond donors (Lipinski definition) is 6. The second-order valence-electron chi connectivity index (χ2n) is 18.6. The van der Waals surface area contributed by atoms with Gasteiger partial charge in [0.25, 0.3) is 40.5 Å². The van der Waals surface area contributed by atoms with E-state index in [0.717, 1.165) is 16.8 Å². The van der Waals surface area contributed by atoms with Crippen molar-refractivity contribution >= 4 is 115 Å². The monoisotopic (exact) mass is 1150 g/mol. The van der Waals surface area contributed by atoms with E-state index in [0.29, 0.717) is 112 Å². The molecule has 0 bridgehead atoms. The number of allylic oxidation sites excluding steroid dienone is 8. The number of benzene rings is 4. The van der Waals surface area contributed by atoms with Crippen LogP contribution in [0.3, 0.4) is 0 Å². The number of nitrogens with zero attached hydrogens (tertiary/aromatic N) is 2. The van der Waals surface area contributed by atoms with Crippen LogP contribution in [0.15, 0.2) is 114 Å². The van der Waals surface area contributed by atoms with Crippen LogP contribution in [0.4, 0.5) is 11.4 Å². The normalized spacial score (nSPS) is 18.4. The summed E-state index contributed by atoms with van der Waals surface area (Å²) in [6.45, 7) is 8.22. The Morgan fingerprint density at radius 3 is 2.00 bits per heavy atom. The third-order valence-electron chi connectivity index (χ3n) is 13.1. The molecule has 0 radical (unpaired) electrons. The molecule has 2 aliphatic heterocycles. The molecule has 0 spiro atoms. The maximum absolute atomic E-state index is 13.0. The zero-order valence-electron chi connectivity index (χ0n) is 39.5. The first kappa shape index (κ1) is 56.9. The molecule has 7 rings (SSSR count). The van der Waals surface area contributed by atoms with Crippen molar-refractivity contribution in [3.8, 4) is 0 Å². The molecule has 0 atom stereocenters. The maximum atomic E-state index is 13.0. The van der Waals surface area contributed by atoms with Gasteiger partial charge in [-0.1, -0.05) is 53.7 Å². The Balaban J connectivity index is 1.32. The summed E-state index contributed by atoms with van der Waals surface area (Å²) in [5, 5.41) is 27.4. The summed E-state index contributed by atoms with van der Waals surface area (Å²) in [5.41, 5.74) is 3.71. The van der Waals surface area contributed by atoms with E-state index in [4.69, 9.17) is 26.4 Å². The van der Waals surface area contributed by atoms with Gasteiger partial charge in [-0.05, 0) is 122 Å². The Morgan fingerprint density at radius 1 is 0.712 bits per heavy atom. The van der Waals surface area contributed by atoms with E-state index >= 15 is 0 Å². The highest BCUT2D eigenvalue weighted by Crippen LogP contribution is 2.53. The number of anilines is 1. The van der Waals surface area contributed by atoms with Crippen LogP contribution in [0, 0.1) is 0 Å². The van der Waals surface area contributed by atoms with Gasteiger partial charge in [-0.3, -0.25) is 18.2 Å². The van der Waals surface area contributed by atoms with E-state index in [1.807, 2.05) is 61.5 Å². The fourth-order valence-corrected chi connectivity index (χ4v) is 13.9. The molecule has 4 aromatic carbocycles. The Kier molecular flexibility index (Phi) is 17.2. The number of rotatable bonds is 21. The lowest BCUT2D eigenvalue weighted by Crippen LogP contribution is -2.28. The van der Waals surface area contributed by atoms with Crippen molar-refractivity contribution in [2.24, 2.45) is 0 Å². The second-order valence-corrected chi connectivity index (χ2v) is 26.4. The van der Waals surface area contributed by atoms with Gasteiger partial charge in [-0.25, -0.2) is 10.5 Å². The van der Waals surface area contributed by atoms with Gasteiger partial charge in [0, 0.05) is 73.1 Å². The minimum absolute atomic E-state index is 0.113. The van der Waals surface area contributed by atoms with Gasteiger partial charge in [0.05, 0.1) is 45.9 Å². The van der Waals surface area contributed by atoms with Crippen LogP contribution in [0.2, 0.25) is 0 Å². The lowest BCUT2D eigenvalue weighted by atomic mass is 9.78. The van der Waals surface area contributed by atoms with Gasteiger partial charge in [0.1, 0.15) is 11.4 Å². The van der Waals surface area contributed by atoms with Crippen molar-refractivity contribution < 1.29 is 85.7 Å². The number of halogens is 1. The summed E-state index contributed by atoms with van der Waals surface area (Å²) in [4.78, 5) is 1.53. The summed E-state index contributed by atoms with van der Waals surface area (Å²) < 4.78 is 148. The van der Waals surface area contributed by atoms with E-state index in [1.165, 1.54) is 18.2 Å². The van der Waals surface area contributed by atoms with Gasteiger partial charge < -0.3 is 4.90 Å². The van der Waals surface area contributed by atoms with Crippen LogP contribution in [-0.4, -0.2) is 97.3 Å². The fourth-order valence-electron chi connectivity index (χ4n) is 10.0. The van der Waals surface area contributed by atoms with Crippen molar-refractivity contribution in [1.82, 2.24) is 0 Å². The van der Waals surface area contributed by atoms with Gasteiger partial charge in [0.2, 0.25) is 5.69 Å². The summed E-state index contributed by atoms with van der Waals surface area (Å²) in [5.74, 6) is -0.930. The molecule has 2 heterocycles. The lowest BCUT2D eigenvalue weighted by Gasteiger charge is -2.27. The quantitative estimate of drug-likeness (QED) is 0.0113. The van der Waals surface area contributed by atoms with Crippen LogP contribution in [0.5, 0.6) is 0 Å². The zero-order valence-corrected chi connectivity index (χ0v) is 45.2. The van der Waals surface area contributed by atoms with Crippen LogP contribution < -0.4 is 4.90 Å². The first-order valence-corrected chi connectivity index (χ1v) is 30.3. The van der Waals surface area contributed by atoms with E-state index in [1.54, 1.807) is 30.3 Å². The van der Waals surface area contributed by atoms with Crippen molar-refractivity contribution in [2.75, 3.05) is 29.5 Å². The predicted octanol–water partition coefficient (Wildman–Crippen LogP) is 9.90. The Bertz CT molecular complexity index is 3500. The van der Waals surface area contributed by atoms with E-state index in [-0.39, 0.29) is 34.6 Å². The first-order valence-electron chi connectivity index (χ1n) is 22.4. The molecule has 0 aromatic heterocycles. The molecule has 6 N–H and O–H groups in total. The molecule has 0 amide bonds. The molecule has 0 unspecified atom stereocenters.